The number of nitrogens with zero attached hydrogens (tertiary/aromatic N) is 4. The van der Waals surface area contributed by atoms with Gasteiger partial charge in [-0.1, -0.05) is 24.3 Å². The van der Waals surface area contributed by atoms with E-state index in [0.29, 0.717) is 11.8 Å². The van der Waals surface area contributed by atoms with Crippen LogP contribution in [-0.2, 0) is 26.8 Å². The fourth-order valence-electron chi connectivity index (χ4n) is 4.03. The van der Waals surface area contributed by atoms with E-state index in [4.69, 9.17) is 5.26 Å². The number of rotatable bonds is 4. The molecule has 2 aromatic carbocycles. The lowest BCUT2D eigenvalue weighted by Gasteiger charge is -2.28. The zero-order chi connectivity index (χ0) is 25.5. The Morgan fingerprint density at radius 3 is 2.14 bits per heavy atom. The van der Waals surface area contributed by atoms with Crippen LogP contribution < -0.4 is 9.80 Å². The number of carbonyl (C=O) groups is 1. The molecule has 0 aliphatic carbocycles. The molecule has 2 heterocycles. The summed E-state index contributed by atoms with van der Waals surface area (Å²) in [6.07, 6.45) is -3.88. The minimum absolute atomic E-state index is 0.0490. The zero-order valence-corrected chi connectivity index (χ0v) is 19.3. The molecule has 1 aromatic heterocycles. The van der Waals surface area contributed by atoms with Crippen molar-refractivity contribution >= 4 is 28.9 Å². The Hall–Kier alpha value is -4.04. The number of carbonyl (C=O) groups excluding carboxylic acids is 1. The average Bonchev–Trinajstić information content (AvgIpc) is 3.03. The largest absolute Gasteiger partial charge is 0.511 e. The fraction of sp³-hybridized carbons (Fsp3) is 0.208. The van der Waals surface area contributed by atoms with Gasteiger partial charge in [0.2, 0.25) is 0 Å². The molecule has 1 aliphatic rings. The van der Waals surface area contributed by atoms with Gasteiger partial charge in [0.1, 0.15) is 17.4 Å². The number of pyridine rings is 1. The molecule has 0 saturated carbocycles. The van der Waals surface area contributed by atoms with E-state index < -0.39 is 34.4 Å². The molecule has 1 unspecified atom stereocenters. The molecule has 0 spiro atoms. The molecule has 1 saturated heterocycles. The molecule has 3 aromatic rings. The Morgan fingerprint density at radius 1 is 1.06 bits per heavy atom. The summed E-state index contributed by atoms with van der Waals surface area (Å²) in [7, 11) is 0. The Labute approximate surface area is 202 Å². The first-order chi connectivity index (χ1) is 16.5. The van der Waals surface area contributed by atoms with Gasteiger partial charge in [0.15, 0.2) is 5.69 Å². The maximum atomic E-state index is 13.5. The standard InChI is InChI=1S/C24H17F3N4O3S/c1-23(2)21(33)30(17-11-19(24(25,26)27)20(12-28)29-13-17)22(35-34)31(23)16-7-3-14(4-8-16)15-5-9-18(32)10-6-15/h3-11,13,22H,1-2H3/p+1. The summed E-state index contributed by atoms with van der Waals surface area (Å²) in [6.45, 7) is 3.16. The van der Waals surface area contributed by atoms with Gasteiger partial charge in [0, 0.05) is 9.90 Å². The van der Waals surface area contributed by atoms with E-state index in [-0.39, 0.29) is 23.1 Å². The van der Waals surface area contributed by atoms with E-state index in [9.17, 15) is 27.3 Å². The van der Waals surface area contributed by atoms with Crippen molar-refractivity contribution in [2.45, 2.75) is 31.1 Å². The summed E-state index contributed by atoms with van der Waals surface area (Å²) >= 11 is 0.0490. The minimum atomic E-state index is -4.86. The lowest BCUT2D eigenvalue weighted by atomic mass is 10.0. The summed E-state index contributed by atoms with van der Waals surface area (Å²) in [5.74, 6) is -0.461. The predicted octanol–water partition coefficient (Wildman–Crippen LogP) is 4.69. The quantitative estimate of drug-likeness (QED) is 0.523. The normalized spacial score (nSPS) is 17.4. The number of alkyl halides is 3. The van der Waals surface area contributed by atoms with Crippen molar-refractivity contribution in [3.8, 4) is 22.9 Å². The monoisotopic (exact) mass is 499 g/mol. The second-order valence-corrected chi connectivity index (χ2v) is 8.93. The van der Waals surface area contributed by atoms with Gasteiger partial charge < -0.3 is 5.11 Å². The molecular weight excluding hydrogens is 481 g/mol. The summed E-state index contributed by atoms with van der Waals surface area (Å²) in [4.78, 5) is 19.5. The molecule has 4 rings (SSSR count). The van der Waals surface area contributed by atoms with Crippen molar-refractivity contribution in [3.63, 3.8) is 0 Å². The second kappa shape index (κ2) is 8.63. The number of phenolic OH excluding ortho intramolecular Hbond substituents is 1. The van der Waals surface area contributed by atoms with Gasteiger partial charge in [-0.05, 0) is 55.3 Å². The van der Waals surface area contributed by atoms with Crippen LogP contribution in [0.2, 0.25) is 0 Å². The fourth-order valence-corrected chi connectivity index (χ4v) is 4.80. The topological polar surface area (TPSA) is 97.5 Å². The summed E-state index contributed by atoms with van der Waals surface area (Å²) < 4.78 is 52.7. The van der Waals surface area contributed by atoms with Crippen LogP contribution in [0.4, 0.5) is 24.5 Å². The van der Waals surface area contributed by atoms with Gasteiger partial charge in [-0.3, -0.25) is 9.69 Å². The van der Waals surface area contributed by atoms with Crippen molar-refractivity contribution < 1.29 is 27.3 Å². The van der Waals surface area contributed by atoms with Crippen molar-refractivity contribution in [1.82, 2.24) is 4.98 Å². The van der Waals surface area contributed by atoms with Crippen molar-refractivity contribution in [3.05, 3.63) is 72.1 Å². The third kappa shape index (κ3) is 4.17. The maximum Gasteiger partial charge on any atom is 0.511 e. The van der Waals surface area contributed by atoms with Crippen LogP contribution in [-0.4, -0.2) is 27.0 Å². The first-order valence-corrected chi connectivity index (χ1v) is 11.1. The van der Waals surface area contributed by atoms with Gasteiger partial charge in [0.05, 0.1) is 17.4 Å². The molecule has 1 atom stereocenters. The zero-order valence-electron chi connectivity index (χ0n) is 18.4. The summed E-state index contributed by atoms with van der Waals surface area (Å²) in [5.41, 5.74) is -2.63. The number of nitriles is 1. The molecule has 1 aliphatic heterocycles. The summed E-state index contributed by atoms with van der Waals surface area (Å²) in [5, 5.41) is 18.5. The van der Waals surface area contributed by atoms with E-state index in [0.717, 1.165) is 22.2 Å². The number of amides is 1. The van der Waals surface area contributed by atoms with Crippen LogP contribution in [0.25, 0.3) is 11.1 Å². The van der Waals surface area contributed by atoms with Crippen LogP contribution in [0.15, 0.2) is 60.8 Å². The molecule has 178 valence electrons. The highest BCUT2D eigenvalue weighted by molar-refractivity contribution is 7.66. The Bertz CT molecular complexity index is 1340. The molecule has 7 nitrogen and oxygen atoms in total. The number of aromatic hydroxyl groups is 1. The van der Waals surface area contributed by atoms with Gasteiger partial charge in [-0.2, -0.15) is 18.4 Å². The summed E-state index contributed by atoms with van der Waals surface area (Å²) in [6, 6.07) is 15.6. The SMILES string of the molecule is CC1(C)C(=O)N(c2cnc(C#N)c(C(F)(F)F)c2)C([S+]=O)N1c1ccc(-c2ccc(O)cc2)cc1. The van der Waals surface area contributed by atoms with Crippen LogP contribution in [0.3, 0.4) is 0 Å². The van der Waals surface area contributed by atoms with Crippen LogP contribution in [0.5, 0.6) is 5.75 Å². The number of hydrogen-bond acceptors (Lipinski definition) is 6. The molecule has 35 heavy (non-hydrogen) atoms. The molecule has 0 radical (unpaired) electrons. The predicted molar refractivity (Wildman–Crippen MR) is 123 cm³/mol. The van der Waals surface area contributed by atoms with Gasteiger partial charge in [0.25, 0.3) is 5.91 Å². The Balaban J connectivity index is 1.75. The lowest BCUT2D eigenvalue weighted by molar-refractivity contribution is -0.138. The van der Waals surface area contributed by atoms with E-state index in [1.165, 1.54) is 6.07 Å². The highest BCUT2D eigenvalue weighted by atomic mass is 32.1. The van der Waals surface area contributed by atoms with Gasteiger partial charge in [-0.25, -0.2) is 9.88 Å². The number of phenols is 1. The van der Waals surface area contributed by atoms with Crippen LogP contribution in [0.1, 0.15) is 25.1 Å². The number of halogens is 3. The Morgan fingerprint density at radius 2 is 1.63 bits per heavy atom. The second-order valence-electron chi connectivity index (χ2n) is 8.32. The van der Waals surface area contributed by atoms with Crippen LogP contribution >= 0.6 is 0 Å². The smallest absolute Gasteiger partial charge is 0.508 e. The van der Waals surface area contributed by atoms with E-state index in [2.05, 4.69) is 4.98 Å². The number of aromatic nitrogens is 1. The number of anilines is 2. The molecular formula is C24H18F3N4O3S+. The third-order valence-electron chi connectivity index (χ3n) is 5.78. The molecule has 11 heteroatoms. The van der Waals surface area contributed by atoms with Crippen LogP contribution in [0, 0.1) is 11.3 Å². The van der Waals surface area contributed by atoms with Gasteiger partial charge in [-0.15, -0.1) is 0 Å². The van der Waals surface area contributed by atoms with Crippen molar-refractivity contribution in [2.24, 2.45) is 0 Å². The van der Waals surface area contributed by atoms with Crippen molar-refractivity contribution in [2.75, 3.05) is 9.80 Å². The number of benzene rings is 2. The molecule has 1 N–H and O–H groups in total. The minimum Gasteiger partial charge on any atom is -0.508 e. The first-order valence-electron chi connectivity index (χ1n) is 10.3. The molecule has 1 fully saturated rings. The highest BCUT2D eigenvalue weighted by Crippen LogP contribution is 2.41. The molecule has 0 bridgehead atoms. The lowest BCUT2D eigenvalue weighted by Crippen LogP contribution is -2.46. The Kier molecular flexibility index (Phi) is 5.94. The highest BCUT2D eigenvalue weighted by Gasteiger charge is 2.59. The van der Waals surface area contributed by atoms with E-state index >= 15 is 0 Å². The van der Waals surface area contributed by atoms with Crippen molar-refractivity contribution in [1.29, 1.82) is 5.26 Å². The van der Waals surface area contributed by atoms with E-state index in [1.807, 2.05) is 0 Å². The molecule has 1 amide bonds. The van der Waals surface area contributed by atoms with E-state index in [1.54, 1.807) is 67.3 Å². The average molecular weight is 499 g/mol. The third-order valence-corrected chi connectivity index (χ3v) is 6.37. The van der Waals surface area contributed by atoms with Gasteiger partial charge >= 0.3 is 23.3 Å². The number of hydrogen-bond donors (Lipinski definition) is 1. The first kappa shape index (κ1) is 24.1. The maximum absolute atomic E-state index is 13.5.